The summed E-state index contributed by atoms with van der Waals surface area (Å²) < 4.78 is 10.7. The van der Waals surface area contributed by atoms with Crippen LogP contribution in [0.1, 0.15) is 45.1 Å². The number of azide groups is 1. The van der Waals surface area contributed by atoms with Crippen molar-refractivity contribution in [3.05, 3.63) is 58.6 Å². The topological polar surface area (TPSA) is 84.3 Å². The van der Waals surface area contributed by atoms with Crippen LogP contribution in [0.5, 0.6) is 0 Å². The summed E-state index contributed by atoms with van der Waals surface area (Å²) in [5.74, 6) is 0.226. The van der Waals surface area contributed by atoms with Crippen molar-refractivity contribution in [1.82, 2.24) is 0 Å². The Morgan fingerprint density at radius 3 is 2.48 bits per heavy atom. The second-order valence-corrected chi connectivity index (χ2v) is 6.71. The second-order valence-electron chi connectivity index (χ2n) is 6.71. The molecule has 0 spiro atoms. The van der Waals surface area contributed by atoms with Crippen molar-refractivity contribution in [3.8, 4) is 0 Å². The summed E-state index contributed by atoms with van der Waals surface area (Å²) in [4.78, 5) is 14.8. The molecule has 0 unspecified atom stereocenters. The van der Waals surface area contributed by atoms with E-state index in [-0.39, 0.29) is 11.6 Å². The van der Waals surface area contributed by atoms with Gasteiger partial charge in [0.25, 0.3) is 0 Å². The maximum absolute atomic E-state index is 12.0. The Bertz CT molecular complexity index is 637. The summed E-state index contributed by atoms with van der Waals surface area (Å²) in [5.41, 5.74) is 8.37. The minimum atomic E-state index is -0.991. The van der Waals surface area contributed by atoms with Crippen molar-refractivity contribution in [2.75, 3.05) is 0 Å². The van der Waals surface area contributed by atoms with E-state index in [0.717, 1.165) is 5.56 Å². The Hall–Kier alpha value is -2.46. The lowest BCUT2D eigenvalue weighted by Crippen LogP contribution is -2.48. The average Bonchev–Trinajstić information content (AvgIpc) is 2.41. The van der Waals surface area contributed by atoms with Gasteiger partial charge in [0, 0.05) is 4.91 Å². The fourth-order valence-electron chi connectivity index (χ4n) is 2.65. The van der Waals surface area contributed by atoms with E-state index in [1.807, 2.05) is 30.3 Å². The third-order valence-electron chi connectivity index (χ3n) is 3.78. The number of benzene rings is 1. The van der Waals surface area contributed by atoms with Gasteiger partial charge < -0.3 is 9.47 Å². The lowest BCUT2D eigenvalue weighted by atomic mass is 9.66. The van der Waals surface area contributed by atoms with Crippen LogP contribution in [0.4, 0.5) is 4.79 Å². The molecule has 0 N–H and O–H groups in total. The molecule has 1 aliphatic rings. The normalized spacial score (nSPS) is 23.2. The molecular weight excluding hydrogens is 294 g/mol. The van der Waals surface area contributed by atoms with Crippen LogP contribution >= 0.6 is 0 Å². The van der Waals surface area contributed by atoms with Crippen molar-refractivity contribution >= 4 is 6.16 Å². The fourth-order valence-corrected chi connectivity index (χ4v) is 2.65. The summed E-state index contributed by atoms with van der Waals surface area (Å²) in [7, 11) is 0. The maximum Gasteiger partial charge on any atom is 0.509 e. The monoisotopic (exact) mass is 315 g/mol. The minimum Gasteiger partial charge on any atom is -0.429 e. The van der Waals surface area contributed by atoms with Crippen LogP contribution in [0.3, 0.4) is 0 Å². The SMILES string of the molecule is C=C(N=[N+]=[N-])C1(OC(=O)OC(C)(C)C)CC(c2ccccc2)C1. The molecule has 0 bridgehead atoms. The molecule has 1 aromatic carbocycles. The van der Waals surface area contributed by atoms with E-state index >= 15 is 0 Å². The van der Waals surface area contributed by atoms with Gasteiger partial charge in [-0.25, -0.2) is 4.79 Å². The summed E-state index contributed by atoms with van der Waals surface area (Å²) in [6.45, 7) is 9.05. The predicted molar refractivity (Wildman–Crippen MR) is 86.8 cm³/mol. The first kappa shape index (κ1) is 16.9. The first-order chi connectivity index (χ1) is 10.8. The molecule has 23 heavy (non-hydrogen) atoms. The molecule has 1 aliphatic carbocycles. The molecule has 0 atom stereocenters. The van der Waals surface area contributed by atoms with E-state index in [1.54, 1.807) is 20.8 Å². The van der Waals surface area contributed by atoms with Gasteiger partial charge in [0.15, 0.2) is 0 Å². The van der Waals surface area contributed by atoms with Crippen molar-refractivity contribution in [2.24, 2.45) is 5.11 Å². The van der Waals surface area contributed by atoms with Gasteiger partial charge in [-0.1, -0.05) is 42.0 Å². The maximum atomic E-state index is 12.0. The molecule has 6 heteroatoms. The van der Waals surface area contributed by atoms with Crippen molar-refractivity contribution < 1.29 is 14.3 Å². The second kappa shape index (κ2) is 6.34. The third kappa shape index (κ3) is 4.05. The van der Waals surface area contributed by atoms with Crippen molar-refractivity contribution in [2.45, 2.75) is 50.7 Å². The van der Waals surface area contributed by atoms with Crippen molar-refractivity contribution in [1.29, 1.82) is 0 Å². The molecule has 0 amide bonds. The number of carbonyl (C=O) groups excluding carboxylic acids is 1. The van der Waals surface area contributed by atoms with E-state index in [0.29, 0.717) is 12.8 Å². The van der Waals surface area contributed by atoms with Gasteiger partial charge in [0.1, 0.15) is 11.2 Å². The van der Waals surface area contributed by atoms with E-state index in [1.165, 1.54) is 0 Å². The number of ether oxygens (including phenoxy) is 2. The molecule has 0 saturated heterocycles. The molecule has 0 heterocycles. The largest absolute Gasteiger partial charge is 0.509 e. The zero-order valence-corrected chi connectivity index (χ0v) is 13.7. The molecule has 0 aromatic heterocycles. The number of hydrogen-bond acceptors (Lipinski definition) is 4. The highest BCUT2D eigenvalue weighted by Crippen LogP contribution is 2.51. The summed E-state index contributed by atoms with van der Waals surface area (Å²) in [5, 5.41) is 3.55. The quantitative estimate of drug-likeness (QED) is 0.336. The summed E-state index contributed by atoms with van der Waals surface area (Å²) in [6, 6.07) is 9.93. The zero-order valence-electron chi connectivity index (χ0n) is 13.7. The van der Waals surface area contributed by atoms with E-state index in [4.69, 9.17) is 15.0 Å². The Kier molecular flexibility index (Phi) is 4.66. The smallest absolute Gasteiger partial charge is 0.429 e. The van der Waals surface area contributed by atoms with Crippen molar-refractivity contribution in [3.63, 3.8) is 0 Å². The van der Waals surface area contributed by atoms with Gasteiger partial charge in [0.2, 0.25) is 0 Å². The van der Waals surface area contributed by atoms with Gasteiger partial charge in [0.05, 0.1) is 5.70 Å². The molecule has 6 nitrogen and oxygen atoms in total. The van der Waals surface area contributed by atoms with Gasteiger partial charge in [-0.2, -0.15) is 0 Å². The lowest BCUT2D eigenvalue weighted by molar-refractivity contribution is -0.0881. The van der Waals surface area contributed by atoms with Crippen LogP contribution < -0.4 is 0 Å². The fraction of sp³-hybridized carbons (Fsp3) is 0.471. The van der Waals surface area contributed by atoms with Crippen LogP contribution in [-0.2, 0) is 9.47 Å². The molecule has 0 aliphatic heterocycles. The predicted octanol–water partition coefficient (Wildman–Crippen LogP) is 5.08. The van der Waals surface area contributed by atoms with E-state index < -0.39 is 17.4 Å². The highest BCUT2D eigenvalue weighted by molar-refractivity contribution is 5.62. The van der Waals surface area contributed by atoms with Crippen LogP contribution in [0.2, 0.25) is 0 Å². The standard InChI is InChI=1S/C17H21N3O3/c1-12(19-20-18)17(23-15(21)22-16(2,3)4)10-14(11-17)13-8-6-5-7-9-13/h5-9,14H,1,10-11H2,2-4H3. The van der Waals surface area contributed by atoms with Gasteiger partial charge >= 0.3 is 6.16 Å². The molecule has 1 saturated carbocycles. The summed E-state index contributed by atoms with van der Waals surface area (Å²) in [6.07, 6.45) is 0.265. The van der Waals surface area contributed by atoms with E-state index in [9.17, 15) is 4.79 Å². The van der Waals surface area contributed by atoms with Crippen LogP contribution in [-0.4, -0.2) is 17.4 Å². The Morgan fingerprint density at radius 1 is 1.35 bits per heavy atom. The number of rotatable bonds is 4. The highest BCUT2D eigenvalue weighted by atomic mass is 16.7. The van der Waals surface area contributed by atoms with Crippen LogP contribution in [0.15, 0.2) is 47.7 Å². The first-order valence-electron chi connectivity index (χ1n) is 7.47. The number of carbonyl (C=O) groups is 1. The van der Waals surface area contributed by atoms with Gasteiger partial charge in [-0.15, -0.1) is 0 Å². The highest BCUT2D eigenvalue weighted by Gasteiger charge is 2.50. The lowest BCUT2D eigenvalue weighted by Gasteiger charge is -2.46. The van der Waals surface area contributed by atoms with Gasteiger partial charge in [-0.05, 0) is 50.6 Å². The summed E-state index contributed by atoms with van der Waals surface area (Å²) >= 11 is 0. The first-order valence-corrected chi connectivity index (χ1v) is 7.47. The third-order valence-corrected chi connectivity index (χ3v) is 3.78. The molecule has 1 aromatic rings. The van der Waals surface area contributed by atoms with E-state index in [2.05, 4.69) is 16.6 Å². The molecule has 2 rings (SSSR count). The number of nitrogens with zero attached hydrogens (tertiary/aromatic N) is 3. The minimum absolute atomic E-state index is 0.207. The van der Waals surface area contributed by atoms with Gasteiger partial charge in [-0.3, -0.25) is 0 Å². The molecule has 1 fully saturated rings. The molecular formula is C17H21N3O3. The Balaban J connectivity index is 2.12. The number of hydrogen-bond donors (Lipinski definition) is 0. The molecule has 0 radical (unpaired) electrons. The van der Waals surface area contributed by atoms with Crippen LogP contribution in [0, 0.1) is 0 Å². The zero-order chi connectivity index (χ0) is 17.1. The Labute approximate surface area is 135 Å². The molecule has 122 valence electrons. The van der Waals surface area contributed by atoms with Crippen LogP contribution in [0.25, 0.3) is 10.4 Å². The average molecular weight is 315 g/mol. The Morgan fingerprint density at radius 2 is 1.96 bits per heavy atom.